The van der Waals surface area contributed by atoms with Crippen LogP contribution in [0.4, 0.5) is 0 Å². The van der Waals surface area contributed by atoms with Crippen molar-refractivity contribution in [3.05, 3.63) is 72.3 Å². The highest BCUT2D eigenvalue weighted by molar-refractivity contribution is 5.76. The summed E-state index contributed by atoms with van der Waals surface area (Å²) in [6.45, 7) is 1.95. The molecule has 1 unspecified atom stereocenters. The van der Waals surface area contributed by atoms with Crippen LogP contribution in [0.5, 0.6) is 5.75 Å². The first kappa shape index (κ1) is 16.7. The summed E-state index contributed by atoms with van der Waals surface area (Å²) in [5.41, 5.74) is 2.71. The molecule has 6 nitrogen and oxygen atoms in total. The average Bonchev–Trinajstić information content (AvgIpc) is 3.16. The molecule has 1 amide bonds. The van der Waals surface area contributed by atoms with Crippen LogP contribution in [0, 0.1) is 0 Å². The molecule has 2 aromatic carbocycles. The fraction of sp³-hybridized carbons (Fsp3) is 0.211. The SMILES string of the molecule is CC(NC(=O)CCc1ccccc1O)c1ccc(-n2cncn2)cc1. The summed E-state index contributed by atoms with van der Waals surface area (Å²) < 4.78 is 1.68. The minimum Gasteiger partial charge on any atom is -0.508 e. The average molecular weight is 336 g/mol. The van der Waals surface area contributed by atoms with Crippen LogP contribution in [-0.2, 0) is 11.2 Å². The van der Waals surface area contributed by atoms with Gasteiger partial charge in [0.05, 0.1) is 11.7 Å². The highest BCUT2D eigenvalue weighted by Crippen LogP contribution is 2.18. The summed E-state index contributed by atoms with van der Waals surface area (Å²) in [5, 5.41) is 16.8. The van der Waals surface area contributed by atoms with E-state index in [0.29, 0.717) is 12.8 Å². The van der Waals surface area contributed by atoms with E-state index in [1.54, 1.807) is 23.1 Å². The Bertz CT molecular complexity index is 829. The Kier molecular flexibility index (Phi) is 5.09. The molecule has 0 spiro atoms. The number of amides is 1. The predicted molar refractivity (Wildman–Crippen MR) is 94.3 cm³/mol. The molecule has 0 aliphatic heterocycles. The lowest BCUT2D eigenvalue weighted by Gasteiger charge is -2.15. The number of aromatic nitrogens is 3. The number of carbonyl (C=O) groups excluding carboxylic acids is 1. The van der Waals surface area contributed by atoms with Crippen LogP contribution in [0.25, 0.3) is 5.69 Å². The number of aromatic hydroxyl groups is 1. The second-order valence-corrected chi connectivity index (χ2v) is 5.85. The Morgan fingerprint density at radius 1 is 1.20 bits per heavy atom. The maximum absolute atomic E-state index is 12.1. The number of aryl methyl sites for hydroxylation is 1. The fourth-order valence-electron chi connectivity index (χ4n) is 2.62. The van der Waals surface area contributed by atoms with Gasteiger partial charge in [-0.1, -0.05) is 30.3 Å². The first-order valence-electron chi connectivity index (χ1n) is 8.14. The number of carbonyl (C=O) groups is 1. The molecule has 0 aliphatic rings. The molecule has 0 bridgehead atoms. The van der Waals surface area contributed by atoms with E-state index < -0.39 is 0 Å². The van der Waals surface area contributed by atoms with Crippen LogP contribution in [0.3, 0.4) is 0 Å². The van der Waals surface area contributed by atoms with E-state index in [1.807, 2.05) is 43.3 Å². The molecule has 0 fully saturated rings. The van der Waals surface area contributed by atoms with E-state index in [1.165, 1.54) is 6.33 Å². The van der Waals surface area contributed by atoms with Crippen LogP contribution in [0.2, 0.25) is 0 Å². The van der Waals surface area contributed by atoms with Gasteiger partial charge in [0.1, 0.15) is 18.4 Å². The van der Waals surface area contributed by atoms with Gasteiger partial charge in [-0.2, -0.15) is 5.10 Å². The molecule has 2 N–H and O–H groups in total. The molecule has 128 valence electrons. The summed E-state index contributed by atoms with van der Waals surface area (Å²) in [5.74, 6) is 0.183. The van der Waals surface area contributed by atoms with Crippen LogP contribution in [0.1, 0.15) is 30.5 Å². The number of phenolic OH excluding ortho intramolecular Hbond substituents is 1. The molecule has 25 heavy (non-hydrogen) atoms. The van der Waals surface area contributed by atoms with Gasteiger partial charge in [-0.3, -0.25) is 4.79 Å². The molecule has 6 heteroatoms. The van der Waals surface area contributed by atoms with Gasteiger partial charge < -0.3 is 10.4 Å². The van der Waals surface area contributed by atoms with E-state index in [9.17, 15) is 9.90 Å². The van der Waals surface area contributed by atoms with Crippen molar-refractivity contribution in [3.8, 4) is 11.4 Å². The number of benzene rings is 2. The van der Waals surface area contributed by atoms with Crippen LogP contribution < -0.4 is 5.32 Å². The van der Waals surface area contributed by atoms with E-state index >= 15 is 0 Å². The molecule has 0 radical (unpaired) electrons. The van der Waals surface area contributed by atoms with E-state index in [4.69, 9.17) is 0 Å². The Labute approximate surface area is 146 Å². The lowest BCUT2D eigenvalue weighted by atomic mass is 10.1. The lowest BCUT2D eigenvalue weighted by Crippen LogP contribution is -2.26. The van der Waals surface area contributed by atoms with E-state index in [-0.39, 0.29) is 17.7 Å². The van der Waals surface area contributed by atoms with Crippen molar-refractivity contribution >= 4 is 5.91 Å². The maximum Gasteiger partial charge on any atom is 0.220 e. The van der Waals surface area contributed by atoms with Crippen LogP contribution in [0.15, 0.2) is 61.2 Å². The second-order valence-electron chi connectivity index (χ2n) is 5.85. The molecule has 3 rings (SSSR count). The molecule has 1 atom stereocenters. The topological polar surface area (TPSA) is 80.0 Å². The van der Waals surface area contributed by atoms with Gasteiger partial charge in [-0.15, -0.1) is 0 Å². The van der Waals surface area contributed by atoms with Gasteiger partial charge in [-0.05, 0) is 42.7 Å². The smallest absolute Gasteiger partial charge is 0.220 e. The zero-order chi connectivity index (χ0) is 17.6. The highest BCUT2D eigenvalue weighted by atomic mass is 16.3. The van der Waals surface area contributed by atoms with Gasteiger partial charge >= 0.3 is 0 Å². The third-order valence-corrected chi connectivity index (χ3v) is 4.07. The molecule has 1 heterocycles. The summed E-state index contributed by atoms with van der Waals surface area (Å²) in [6, 6.07) is 14.8. The molecular weight excluding hydrogens is 316 g/mol. The Balaban J connectivity index is 1.55. The quantitative estimate of drug-likeness (QED) is 0.725. The van der Waals surface area contributed by atoms with Crippen molar-refractivity contribution in [2.24, 2.45) is 0 Å². The van der Waals surface area contributed by atoms with Gasteiger partial charge in [0.15, 0.2) is 0 Å². The molecule has 0 saturated heterocycles. The number of hydrogen-bond donors (Lipinski definition) is 2. The van der Waals surface area contributed by atoms with Crippen LogP contribution >= 0.6 is 0 Å². The zero-order valence-electron chi connectivity index (χ0n) is 14.0. The number of hydrogen-bond acceptors (Lipinski definition) is 4. The Morgan fingerprint density at radius 2 is 1.96 bits per heavy atom. The van der Waals surface area contributed by atoms with Crippen molar-refractivity contribution < 1.29 is 9.90 Å². The van der Waals surface area contributed by atoms with Crippen molar-refractivity contribution in [3.63, 3.8) is 0 Å². The lowest BCUT2D eigenvalue weighted by molar-refractivity contribution is -0.121. The first-order valence-corrected chi connectivity index (χ1v) is 8.14. The number of para-hydroxylation sites is 1. The highest BCUT2D eigenvalue weighted by Gasteiger charge is 2.11. The molecule has 0 aliphatic carbocycles. The monoisotopic (exact) mass is 336 g/mol. The third-order valence-electron chi connectivity index (χ3n) is 4.07. The van der Waals surface area contributed by atoms with Gasteiger partial charge in [-0.25, -0.2) is 9.67 Å². The minimum atomic E-state index is -0.0957. The summed E-state index contributed by atoms with van der Waals surface area (Å²) in [6.07, 6.45) is 3.97. The normalized spacial score (nSPS) is 11.9. The number of nitrogens with one attached hydrogen (secondary N) is 1. The summed E-state index contributed by atoms with van der Waals surface area (Å²) in [4.78, 5) is 16.1. The molecule has 3 aromatic rings. The Hall–Kier alpha value is -3.15. The molecule has 1 aromatic heterocycles. The molecular formula is C19H20N4O2. The zero-order valence-corrected chi connectivity index (χ0v) is 14.0. The first-order chi connectivity index (χ1) is 12.1. The molecule has 0 saturated carbocycles. The van der Waals surface area contributed by atoms with E-state index in [0.717, 1.165) is 16.8 Å². The third kappa shape index (κ3) is 4.23. The maximum atomic E-state index is 12.1. The van der Waals surface area contributed by atoms with Gasteiger partial charge in [0.2, 0.25) is 5.91 Å². The van der Waals surface area contributed by atoms with Crippen molar-refractivity contribution in [2.45, 2.75) is 25.8 Å². The van der Waals surface area contributed by atoms with Crippen molar-refractivity contribution in [1.82, 2.24) is 20.1 Å². The second kappa shape index (κ2) is 7.61. The summed E-state index contributed by atoms with van der Waals surface area (Å²) >= 11 is 0. The number of rotatable bonds is 6. The van der Waals surface area contributed by atoms with Crippen molar-refractivity contribution in [2.75, 3.05) is 0 Å². The Morgan fingerprint density at radius 3 is 2.64 bits per heavy atom. The fourth-order valence-corrected chi connectivity index (χ4v) is 2.62. The number of phenols is 1. The van der Waals surface area contributed by atoms with E-state index in [2.05, 4.69) is 15.4 Å². The van der Waals surface area contributed by atoms with Gasteiger partial charge in [0.25, 0.3) is 0 Å². The standard InChI is InChI=1S/C19H20N4O2/c1-14(15-6-9-17(10-7-15)23-13-20-12-21-23)22-19(25)11-8-16-4-2-3-5-18(16)24/h2-7,9-10,12-14,24H,8,11H2,1H3,(H,22,25). The van der Waals surface area contributed by atoms with Crippen molar-refractivity contribution in [1.29, 1.82) is 0 Å². The van der Waals surface area contributed by atoms with Gasteiger partial charge in [0, 0.05) is 6.42 Å². The number of nitrogens with zero attached hydrogens (tertiary/aromatic N) is 3. The minimum absolute atomic E-state index is 0.0453. The van der Waals surface area contributed by atoms with Crippen LogP contribution in [-0.4, -0.2) is 25.8 Å². The summed E-state index contributed by atoms with van der Waals surface area (Å²) in [7, 11) is 0. The largest absolute Gasteiger partial charge is 0.508 e. The predicted octanol–water partition coefficient (Wildman–Crippen LogP) is 2.78.